The van der Waals surface area contributed by atoms with Gasteiger partial charge in [-0.25, -0.2) is 0 Å². The van der Waals surface area contributed by atoms with Crippen molar-refractivity contribution in [2.75, 3.05) is 0 Å². The number of rotatable bonds is 1. The molecule has 0 spiro atoms. The minimum absolute atomic E-state index is 0.766. The average molecular weight is 208 g/mol. The molecule has 0 bridgehead atoms. The van der Waals surface area contributed by atoms with E-state index >= 15 is 0 Å². The number of nitrogens with zero attached hydrogens (tertiary/aromatic N) is 1. The second-order valence-corrected chi connectivity index (χ2v) is 4.15. The largest absolute Gasteiger partial charge is 0.258 e. The van der Waals surface area contributed by atoms with E-state index in [2.05, 4.69) is 4.99 Å². The highest BCUT2D eigenvalue weighted by Crippen LogP contribution is 2.22. The normalized spacial score (nSPS) is 16.8. The van der Waals surface area contributed by atoms with Crippen LogP contribution in [-0.2, 0) is 0 Å². The Morgan fingerprint density at radius 1 is 1.07 bits per heavy atom. The Labute approximate surface area is 89.8 Å². The van der Waals surface area contributed by atoms with Gasteiger partial charge >= 0.3 is 0 Å². The maximum absolute atomic E-state index is 5.89. The molecular formula is C12H14ClN. The summed E-state index contributed by atoms with van der Waals surface area (Å²) in [5, 5.41) is 0.766. The Hall–Kier alpha value is -0.820. The summed E-state index contributed by atoms with van der Waals surface area (Å²) < 4.78 is 0. The third-order valence-electron chi connectivity index (χ3n) is 2.53. The minimum atomic E-state index is 0.766. The molecule has 0 aliphatic heterocycles. The summed E-state index contributed by atoms with van der Waals surface area (Å²) in [5.74, 6) is 0. The van der Waals surface area contributed by atoms with Gasteiger partial charge in [0.25, 0.3) is 0 Å². The van der Waals surface area contributed by atoms with Gasteiger partial charge in [0.05, 0.1) is 5.69 Å². The summed E-state index contributed by atoms with van der Waals surface area (Å²) in [7, 11) is 0. The van der Waals surface area contributed by atoms with Crippen molar-refractivity contribution in [3.8, 4) is 0 Å². The van der Waals surface area contributed by atoms with Crippen LogP contribution in [0.25, 0.3) is 0 Å². The van der Waals surface area contributed by atoms with Crippen molar-refractivity contribution in [3.63, 3.8) is 0 Å². The van der Waals surface area contributed by atoms with Crippen molar-refractivity contribution in [2.24, 2.45) is 4.99 Å². The highest BCUT2D eigenvalue weighted by molar-refractivity contribution is 6.30. The first-order valence-electron chi connectivity index (χ1n) is 5.16. The predicted molar refractivity (Wildman–Crippen MR) is 61.6 cm³/mol. The number of halogens is 1. The van der Waals surface area contributed by atoms with E-state index < -0.39 is 0 Å². The molecule has 1 aromatic carbocycles. The molecular weight excluding hydrogens is 194 g/mol. The molecule has 1 aromatic rings. The molecule has 1 aliphatic carbocycles. The molecule has 2 heteroatoms. The summed E-state index contributed by atoms with van der Waals surface area (Å²) in [6.45, 7) is 0. The van der Waals surface area contributed by atoms with Gasteiger partial charge in [-0.1, -0.05) is 24.1 Å². The Kier molecular flexibility index (Phi) is 3.20. The van der Waals surface area contributed by atoms with Crippen LogP contribution in [0.3, 0.4) is 0 Å². The summed E-state index contributed by atoms with van der Waals surface area (Å²) >= 11 is 5.89. The first kappa shape index (κ1) is 9.72. The Balaban J connectivity index is 2.15. The Morgan fingerprint density at radius 2 is 1.86 bits per heavy atom. The smallest absolute Gasteiger partial charge is 0.0643 e. The van der Waals surface area contributed by atoms with Crippen LogP contribution in [0.2, 0.25) is 5.02 Å². The highest BCUT2D eigenvalue weighted by atomic mass is 35.5. The topological polar surface area (TPSA) is 12.4 Å². The Bertz CT molecular complexity index is 336. The van der Waals surface area contributed by atoms with Crippen molar-refractivity contribution in [1.29, 1.82) is 0 Å². The number of aliphatic imine (C=N–C) groups is 1. The van der Waals surface area contributed by atoms with E-state index in [-0.39, 0.29) is 0 Å². The number of hydrogen-bond acceptors (Lipinski definition) is 1. The van der Waals surface area contributed by atoms with Gasteiger partial charge in [0, 0.05) is 10.7 Å². The maximum atomic E-state index is 5.89. The summed E-state index contributed by atoms with van der Waals surface area (Å²) in [6, 6.07) is 7.76. The predicted octanol–water partition coefficient (Wildman–Crippen LogP) is 4.38. The van der Waals surface area contributed by atoms with Crippen LogP contribution in [-0.4, -0.2) is 5.71 Å². The lowest BCUT2D eigenvalue weighted by Crippen LogP contribution is -2.03. The van der Waals surface area contributed by atoms with Crippen molar-refractivity contribution in [1.82, 2.24) is 0 Å². The van der Waals surface area contributed by atoms with Crippen molar-refractivity contribution < 1.29 is 0 Å². The highest BCUT2D eigenvalue weighted by Gasteiger charge is 2.06. The van der Waals surface area contributed by atoms with Crippen LogP contribution in [0.5, 0.6) is 0 Å². The van der Waals surface area contributed by atoms with Crippen LogP contribution in [0.1, 0.15) is 32.1 Å². The van der Waals surface area contributed by atoms with Gasteiger partial charge in [-0.2, -0.15) is 0 Å². The quantitative estimate of drug-likeness (QED) is 0.648. The second kappa shape index (κ2) is 4.61. The lowest BCUT2D eigenvalue weighted by Gasteiger charge is -2.11. The van der Waals surface area contributed by atoms with Crippen LogP contribution >= 0.6 is 11.6 Å². The van der Waals surface area contributed by atoms with E-state index in [4.69, 9.17) is 11.6 Å². The zero-order valence-electron chi connectivity index (χ0n) is 8.17. The monoisotopic (exact) mass is 207 g/mol. The molecule has 14 heavy (non-hydrogen) atoms. The fraction of sp³-hybridized carbons (Fsp3) is 0.417. The van der Waals surface area contributed by atoms with Gasteiger partial charge in [0.15, 0.2) is 0 Å². The summed E-state index contributed by atoms with van der Waals surface area (Å²) in [5.41, 5.74) is 2.33. The van der Waals surface area contributed by atoms with E-state index in [1.807, 2.05) is 24.3 Å². The lowest BCUT2D eigenvalue weighted by atomic mass is 9.98. The van der Waals surface area contributed by atoms with Crippen LogP contribution in [0.4, 0.5) is 5.69 Å². The minimum Gasteiger partial charge on any atom is -0.258 e. The van der Waals surface area contributed by atoms with Crippen molar-refractivity contribution in [2.45, 2.75) is 32.1 Å². The molecule has 0 amide bonds. The van der Waals surface area contributed by atoms with E-state index in [0.717, 1.165) is 23.6 Å². The lowest BCUT2D eigenvalue weighted by molar-refractivity contribution is 0.667. The van der Waals surface area contributed by atoms with Gasteiger partial charge in [0.2, 0.25) is 0 Å². The molecule has 1 aliphatic rings. The van der Waals surface area contributed by atoms with E-state index in [1.54, 1.807) is 0 Å². The molecule has 74 valence electrons. The Morgan fingerprint density at radius 3 is 2.57 bits per heavy atom. The van der Waals surface area contributed by atoms with Crippen molar-refractivity contribution in [3.05, 3.63) is 29.3 Å². The van der Waals surface area contributed by atoms with Crippen LogP contribution in [0.15, 0.2) is 29.3 Å². The standard InChI is InChI=1S/C12H14ClN/c13-10-5-4-8-12(9-10)14-11-6-2-1-3-7-11/h4-5,8-9H,1-3,6-7H2. The van der Waals surface area contributed by atoms with Gasteiger partial charge in [0.1, 0.15) is 0 Å². The zero-order chi connectivity index (χ0) is 9.80. The first-order valence-corrected chi connectivity index (χ1v) is 5.54. The number of hydrogen-bond donors (Lipinski definition) is 0. The molecule has 1 nitrogen and oxygen atoms in total. The molecule has 0 unspecified atom stereocenters. The van der Waals surface area contributed by atoms with E-state index in [0.29, 0.717) is 0 Å². The third-order valence-corrected chi connectivity index (χ3v) is 2.76. The van der Waals surface area contributed by atoms with Gasteiger partial charge in [-0.05, 0) is 43.9 Å². The van der Waals surface area contributed by atoms with Crippen LogP contribution < -0.4 is 0 Å². The molecule has 0 N–H and O–H groups in total. The summed E-state index contributed by atoms with van der Waals surface area (Å²) in [6.07, 6.45) is 6.26. The fourth-order valence-corrected chi connectivity index (χ4v) is 1.98. The van der Waals surface area contributed by atoms with Gasteiger partial charge in [-0.15, -0.1) is 0 Å². The third kappa shape index (κ3) is 2.58. The molecule has 0 saturated heterocycles. The molecule has 0 atom stereocenters. The molecule has 1 saturated carbocycles. The number of benzene rings is 1. The molecule has 1 fully saturated rings. The van der Waals surface area contributed by atoms with Crippen LogP contribution in [0, 0.1) is 0 Å². The molecule has 0 aromatic heterocycles. The molecule has 2 rings (SSSR count). The zero-order valence-corrected chi connectivity index (χ0v) is 8.93. The van der Waals surface area contributed by atoms with E-state index in [1.165, 1.54) is 25.0 Å². The fourth-order valence-electron chi connectivity index (χ4n) is 1.80. The SMILES string of the molecule is Clc1cccc(N=C2CCCCC2)c1. The van der Waals surface area contributed by atoms with Gasteiger partial charge in [-0.3, -0.25) is 4.99 Å². The molecule has 0 heterocycles. The molecule has 0 radical (unpaired) electrons. The van der Waals surface area contributed by atoms with E-state index in [9.17, 15) is 0 Å². The van der Waals surface area contributed by atoms with Gasteiger partial charge < -0.3 is 0 Å². The second-order valence-electron chi connectivity index (χ2n) is 3.72. The first-order chi connectivity index (χ1) is 6.84. The summed E-state index contributed by atoms with van der Waals surface area (Å²) in [4.78, 5) is 4.61. The average Bonchev–Trinajstić information content (AvgIpc) is 2.19. The van der Waals surface area contributed by atoms with Crippen molar-refractivity contribution >= 4 is 23.0 Å². The maximum Gasteiger partial charge on any atom is 0.0643 e.